The van der Waals surface area contributed by atoms with Crippen LogP contribution in [0.25, 0.3) is 10.9 Å². The van der Waals surface area contributed by atoms with Gasteiger partial charge in [-0.25, -0.2) is 0 Å². The molecule has 18 heavy (non-hydrogen) atoms. The van der Waals surface area contributed by atoms with Gasteiger partial charge in [-0.3, -0.25) is 0 Å². The van der Waals surface area contributed by atoms with Crippen LogP contribution in [0, 0.1) is 17.2 Å². The van der Waals surface area contributed by atoms with E-state index in [9.17, 15) is 5.26 Å². The minimum absolute atomic E-state index is 0.000746. The van der Waals surface area contributed by atoms with E-state index in [1.165, 1.54) is 16.5 Å². The van der Waals surface area contributed by atoms with Crippen molar-refractivity contribution in [3.63, 3.8) is 0 Å². The van der Waals surface area contributed by atoms with Crippen molar-refractivity contribution < 1.29 is 0 Å². The van der Waals surface area contributed by atoms with Gasteiger partial charge in [-0.15, -0.1) is 0 Å². The molecule has 1 heterocycles. The molecule has 1 aromatic heterocycles. The average molecular weight is 241 g/mol. The Morgan fingerprint density at radius 3 is 2.72 bits per heavy atom. The minimum Gasteiger partial charge on any atom is -0.350 e. The van der Waals surface area contributed by atoms with Gasteiger partial charge in [0.25, 0.3) is 0 Å². The molecule has 94 valence electrons. The monoisotopic (exact) mass is 241 g/mol. The zero-order valence-corrected chi connectivity index (χ0v) is 11.1. The Labute approximate surface area is 108 Å². The van der Waals surface area contributed by atoms with E-state index >= 15 is 0 Å². The van der Waals surface area contributed by atoms with Crippen LogP contribution in [-0.4, -0.2) is 11.6 Å². The maximum Gasteiger partial charge on any atom is 0.0675 e. The van der Waals surface area contributed by atoms with Crippen molar-refractivity contribution in [2.45, 2.75) is 19.4 Å². The molecule has 0 spiro atoms. The molecule has 2 aromatic rings. The van der Waals surface area contributed by atoms with Crippen LogP contribution in [-0.2, 0) is 7.05 Å². The van der Waals surface area contributed by atoms with Gasteiger partial charge in [0.15, 0.2) is 0 Å². The number of benzene rings is 1. The van der Waals surface area contributed by atoms with Crippen molar-refractivity contribution >= 4 is 10.9 Å². The van der Waals surface area contributed by atoms with E-state index in [-0.39, 0.29) is 12.0 Å². The highest BCUT2D eigenvalue weighted by Crippen LogP contribution is 2.31. The minimum atomic E-state index is 0.000746. The Morgan fingerprint density at radius 1 is 1.39 bits per heavy atom. The molecule has 3 nitrogen and oxygen atoms in total. The Bertz CT molecular complexity index is 577. The number of fused-ring (bicyclic) bond motifs is 1. The van der Waals surface area contributed by atoms with Crippen LogP contribution >= 0.6 is 0 Å². The second-order valence-corrected chi connectivity index (χ2v) is 4.62. The molecule has 3 heteroatoms. The molecule has 0 fully saturated rings. The van der Waals surface area contributed by atoms with Gasteiger partial charge in [0.2, 0.25) is 0 Å². The molecule has 1 aromatic carbocycles. The summed E-state index contributed by atoms with van der Waals surface area (Å²) in [6.07, 6.45) is 2.98. The summed E-state index contributed by atoms with van der Waals surface area (Å²) in [5, 5.41) is 13.8. The summed E-state index contributed by atoms with van der Waals surface area (Å²) >= 11 is 0. The lowest BCUT2D eigenvalue weighted by molar-refractivity contribution is 0.451. The molecule has 0 saturated carbocycles. The van der Waals surface area contributed by atoms with Crippen LogP contribution in [0.15, 0.2) is 30.5 Å². The summed E-state index contributed by atoms with van der Waals surface area (Å²) in [7, 11) is 3.97. The summed E-state index contributed by atoms with van der Waals surface area (Å²) in [4.78, 5) is 0. The number of nitrogens with zero attached hydrogens (tertiary/aromatic N) is 2. The van der Waals surface area contributed by atoms with Crippen LogP contribution in [0.2, 0.25) is 0 Å². The first-order valence-electron chi connectivity index (χ1n) is 6.33. The molecule has 0 saturated heterocycles. The third-order valence-electron chi connectivity index (χ3n) is 3.58. The number of nitrogens with one attached hydrogen (secondary N) is 1. The molecular weight excluding hydrogens is 222 g/mol. The molecule has 2 atom stereocenters. The highest BCUT2D eigenvalue weighted by atomic mass is 14.9. The highest BCUT2D eigenvalue weighted by molar-refractivity contribution is 5.84. The van der Waals surface area contributed by atoms with Crippen LogP contribution in [0.3, 0.4) is 0 Å². The lowest BCUT2D eigenvalue weighted by Gasteiger charge is -2.20. The fourth-order valence-electron chi connectivity index (χ4n) is 2.60. The Kier molecular flexibility index (Phi) is 3.69. The first-order chi connectivity index (χ1) is 8.72. The summed E-state index contributed by atoms with van der Waals surface area (Å²) in [5.41, 5.74) is 2.42. The van der Waals surface area contributed by atoms with E-state index in [1.54, 1.807) is 0 Å². The third kappa shape index (κ3) is 2.00. The lowest BCUT2D eigenvalue weighted by Crippen LogP contribution is -2.23. The molecule has 2 rings (SSSR count). The maximum atomic E-state index is 9.27. The van der Waals surface area contributed by atoms with E-state index in [2.05, 4.69) is 41.2 Å². The van der Waals surface area contributed by atoms with E-state index in [4.69, 9.17) is 0 Å². The fraction of sp³-hybridized carbons (Fsp3) is 0.400. The van der Waals surface area contributed by atoms with E-state index in [0.717, 1.165) is 6.42 Å². The van der Waals surface area contributed by atoms with Crippen LogP contribution in [0.4, 0.5) is 0 Å². The number of hydrogen-bond acceptors (Lipinski definition) is 2. The van der Waals surface area contributed by atoms with Crippen molar-refractivity contribution in [2.75, 3.05) is 7.05 Å². The smallest absolute Gasteiger partial charge is 0.0675 e. The highest BCUT2D eigenvalue weighted by Gasteiger charge is 2.23. The second kappa shape index (κ2) is 5.24. The van der Waals surface area contributed by atoms with E-state index in [1.807, 2.05) is 26.2 Å². The number of rotatable bonds is 4. The van der Waals surface area contributed by atoms with Gasteiger partial charge in [0.1, 0.15) is 0 Å². The zero-order valence-electron chi connectivity index (χ0n) is 11.1. The number of aromatic nitrogens is 1. The second-order valence-electron chi connectivity index (χ2n) is 4.62. The first-order valence-corrected chi connectivity index (χ1v) is 6.33. The van der Waals surface area contributed by atoms with Gasteiger partial charge in [0.05, 0.1) is 12.0 Å². The quantitative estimate of drug-likeness (QED) is 0.894. The predicted molar refractivity (Wildman–Crippen MR) is 74.1 cm³/mol. The number of aryl methyl sites for hydroxylation is 1. The first kappa shape index (κ1) is 12.7. The summed E-state index contributed by atoms with van der Waals surface area (Å²) in [6, 6.07) is 10.8. The van der Waals surface area contributed by atoms with Gasteiger partial charge < -0.3 is 9.88 Å². The molecule has 0 aliphatic heterocycles. The Hall–Kier alpha value is -1.79. The molecule has 0 aliphatic carbocycles. The average Bonchev–Trinajstić information content (AvgIpc) is 2.74. The topological polar surface area (TPSA) is 40.8 Å². The van der Waals surface area contributed by atoms with Gasteiger partial charge in [-0.1, -0.05) is 25.1 Å². The fourth-order valence-corrected chi connectivity index (χ4v) is 2.60. The van der Waals surface area contributed by atoms with Crippen LogP contribution < -0.4 is 5.32 Å². The van der Waals surface area contributed by atoms with E-state index < -0.39 is 0 Å². The SMILES string of the molecule is CCC(C#N)C(NC)c1cn(C)c2ccccc12. The summed E-state index contributed by atoms with van der Waals surface area (Å²) in [5.74, 6) is 0.000746. The van der Waals surface area contributed by atoms with Crippen LogP contribution in [0.1, 0.15) is 24.9 Å². The molecule has 2 unspecified atom stereocenters. The van der Waals surface area contributed by atoms with Gasteiger partial charge in [-0.05, 0) is 25.1 Å². The Balaban J connectivity index is 2.56. The van der Waals surface area contributed by atoms with Crippen molar-refractivity contribution in [3.05, 3.63) is 36.0 Å². The molecular formula is C15H19N3. The summed E-state index contributed by atoms with van der Waals surface area (Å²) < 4.78 is 2.12. The van der Waals surface area contributed by atoms with Crippen molar-refractivity contribution in [3.8, 4) is 6.07 Å². The number of para-hydroxylation sites is 1. The van der Waals surface area contributed by atoms with Crippen molar-refractivity contribution in [1.29, 1.82) is 5.26 Å². The molecule has 0 radical (unpaired) electrons. The zero-order chi connectivity index (χ0) is 13.1. The third-order valence-corrected chi connectivity index (χ3v) is 3.58. The van der Waals surface area contributed by atoms with Crippen molar-refractivity contribution in [1.82, 2.24) is 9.88 Å². The summed E-state index contributed by atoms with van der Waals surface area (Å²) in [6.45, 7) is 2.06. The van der Waals surface area contributed by atoms with Crippen molar-refractivity contribution in [2.24, 2.45) is 13.0 Å². The standard InChI is InChI=1S/C15H19N3/c1-4-11(9-16)15(17-2)13-10-18(3)14-8-6-5-7-12(13)14/h5-8,10-11,15,17H,4H2,1-3H3. The van der Waals surface area contributed by atoms with Gasteiger partial charge >= 0.3 is 0 Å². The molecule has 1 N–H and O–H groups in total. The largest absolute Gasteiger partial charge is 0.350 e. The van der Waals surface area contributed by atoms with Gasteiger partial charge in [0, 0.05) is 30.2 Å². The number of nitriles is 1. The number of hydrogen-bond donors (Lipinski definition) is 1. The lowest BCUT2D eigenvalue weighted by atomic mass is 9.92. The Morgan fingerprint density at radius 2 is 2.11 bits per heavy atom. The molecule has 0 bridgehead atoms. The predicted octanol–water partition coefficient (Wildman–Crippen LogP) is 2.99. The maximum absolute atomic E-state index is 9.27. The normalized spacial score (nSPS) is 14.3. The molecule has 0 amide bonds. The van der Waals surface area contributed by atoms with Gasteiger partial charge in [-0.2, -0.15) is 5.26 Å². The van der Waals surface area contributed by atoms with E-state index in [0.29, 0.717) is 0 Å². The molecule has 0 aliphatic rings. The van der Waals surface area contributed by atoms with Crippen LogP contribution in [0.5, 0.6) is 0 Å².